The van der Waals surface area contributed by atoms with Gasteiger partial charge in [0.2, 0.25) is 10.0 Å². The topological polar surface area (TPSA) is 105 Å². The monoisotopic (exact) mass is 298 g/mol. The number of hydrogen-bond acceptors (Lipinski definition) is 6. The highest BCUT2D eigenvalue weighted by atomic mass is 32.2. The lowest BCUT2D eigenvalue weighted by Crippen LogP contribution is -2.23. The fourth-order valence-electron chi connectivity index (χ4n) is 1.17. The number of hydrogen-bond donors (Lipinski definition) is 1. The predicted molar refractivity (Wildman–Crippen MR) is 71.6 cm³/mol. The van der Waals surface area contributed by atoms with Crippen molar-refractivity contribution < 1.29 is 22.7 Å². The van der Waals surface area contributed by atoms with Gasteiger partial charge in [0.05, 0.1) is 18.9 Å². The number of anilines is 1. The van der Waals surface area contributed by atoms with Crippen LogP contribution in [-0.4, -0.2) is 33.4 Å². The van der Waals surface area contributed by atoms with E-state index in [0.29, 0.717) is 5.75 Å². The average Bonchev–Trinajstić information content (AvgIpc) is 2.43. The van der Waals surface area contributed by atoms with Crippen molar-refractivity contribution in [3.8, 4) is 11.8 Å². The Morgan fingerprint density at radius 1 is 1.50 bits per heavy atom. The molecule has 1 N–H and O–H groups in total. The third kappa shape index (κ3) is 4.44. The highest BCUT2D eigenvalue weighted by Gasteiger charge is 2.20. The molecule has 1 aromatic carbocycles. The highest BCUT2D eigenvalue weighted by Crippen LogP contribution is 2.19. The third-order valence-corrected chi connectivity index (χ3v) is 3.88. The number of methoxy groups -OCH3 is 1. The summed E-state index contributed by atoms with van der Waals surface area (Å²) in [6.07, 6.45) is 0. The second kappa shape index (κ2) is 6.77. The van der Waals surface area contributed by atoms with Crippen LogP contribution >= 0.6 is 0 Å². The Bertz CT molecular complexity index is 621. The fraction of sp³-hybridized carbons (Fsp3) is 0.333. The van der Waals surface area contributed by atoms with Gasteiger partial charge >= 0.3 is 5.97 Å². The molecular formula is C12H14N2O5S. The van der Waals surface area contributed by atoms with E-state index in [1.807, 2.05) is 0 Å². The van der Waals surface area contributed by atoms with Gasteiger partial charge in [-0.15, -0.1) is 0 Å². The standard InChI is InChI=1S/C12H14N2O5S/c1-9(7-13)20(16,17)14-10-4-3-5-11(6-10)19-8-12(15)18-2/h3-6,9,14H,8H2,1-2H3. The van der Waals surface area contributed by atoms with Gasteiger partial charge in [-0.05, 0) is 19.1 Å². The van der Waals surface area contributed by atoms with E-state index in [1.54, 1.807) is 18.2 Å². The minimum atomic E-state index is -3.77. The number of nitriles is 1. The van der Waals surface area contributed by atoms with Crippen LogP contribution in [0.3, 0.4) is 0 Å². The average molecular weight is 298 g/mol. The number of rotatable bonds is 6. The summed E-state index contributed by atoms with van der Waals surface area (Å²) in [5.41, 5.74) is 0.245. The smallest absolute Gasteiger partial charge is 0.343 e. The molecule has 1 unspecified atom stereocenters. The van der Waals surface area contributed by atoms with Crippen LogP contribution in [0.15, 0.2) is 24.3 Å². The van der Waals surface area contributed by atoms with E-state index < -0.39 is 21.2 Å². The predicted octanol–water partition coefficient (Wildman–Crippen LogP) is 0.892. The minimum absolute atomic E-state index is 0.245. The lowest BCUT2D eigenvalue weighted by molar-refractivity contribution is -0.142. The molecule has 8 heteroatoms. The van der Waals surface area contributed by atoms with Gasteiger partial charge in [0.25, 0.3) is 0 Å². The van der Waals surface area contributed by atoms with Crippen LogP contribution in [-0.2, 0) is 19.6 Å². The van der Waals surface area contributed by atoms with Crippen molar-refractivity contribution in [1.29, 1.82) is 5.26 Å². The molecule has 108 valence electrons. The fourth-order valence-corrected chi connectivity index (χ4v) is 1.94. The van der Waals surface area contributed by atoms with Crippen LogP contribution in [0.25, 0.3) is 0 Å². The molecule has 0 aliphatic rings. The Hall–Kier alpha value is -2.27. The molecular weight excluding hydrogens is 284 g/mol. The van der Waals surface area contributed by atoms with E-state index in [4.69, 9.17) is 10.00 Å². The first-order chi connectivity index (χ1) is 9.39. The molecule has 0 spiro atoms. The zero-order valence-electron chi connectivity index (χ0n) is 11.0. The summed E-state index contributed by atoms with van der Waals surface area (Å²) in [5, 5.41) is 7.45. The number of nitrogens with zero attached hydrogens (tertiary/aromatic N) is 1. The van der Waals surface area contributed by atoms with Crippen molar-refractivity contribution in [3.05, 3.63) is 24.3 Å². The Morgan fingerprint density at radius 2 is 2.20 bits per heavy atom. The molecule has 0 saturated heterocycles. The van der Waals surface area contributed by atoms with Gasteiger partial charge in [0.15, 0.2) is 11.9 Å². The highest BCUT2D eigenvalue weighted by molar-refractivity contribution is 7.93. The maximum absolute atomic E-state index is 11.7. The maximum Gasteiger partial charge on any atom is 0.343 e. The quantitative estimate of drug-likeness (QED) is 0.782. The second-order valence-electron chi connectivity index (χ2n) is 3.81. The van der Waals surface area contributed by atoms with Crippen LogP contribution in [0.2, 0.25) is 0 Å². The van der Waals surface area contributed by atoms with Crippen LogP contribution in [0, 0.1) is 11.3 Å². The van der Waals surface area contributed by atoms with E-state index in [1.165, 1.54) is 26.2 Å². The van der Waals surface area contributed by atoms with Gasteiger partial charge in [-0.25, -0.2) is 13.2 Å². The van der Waals surface area contributed by atoms with Crippen molar-refractivity contribution in [1.82, 2.24) is 0 Å². The van der Waals surface area contributed by atoms with E-state index in [-0.39, 0.29) is 12.3 Å². The normalized spacial score (nSPS) is 12.1. The molecule has 0 radical (unpaired) electrons. The molecule has 0 heterocycles. The Labute approximate surface area is 117 Å². The largest absolute Gasteiger partial charge is 0.482 e. The molecule has 0 bridgehead atoms. The van der Waals surface area contributed by atoms with Crippen LogP contribution < -0.4 is 9.46 Å². The van der Waals surface area contributed by atoms with Crippen molar-refractivity contribution in [2.24, 2.45) is 0 Å². The molecule has 0 saturated carbocycles. The maximum atomic E-state index is 11.7. The number of sulfonamides is 1. The number of nitrogens with one attached hydrogen (secondary N) is 1. The first-order valence-corrected chi connectivity index (χ1v) is 7.14. The SMILES string of the molecule is COC(=O)COc1cccc(NS(=O)(=O)C(C)C#N)c1. The van der Waals surface area contributed by atoms with Gasteiger partial charge in [0, 0.05) is 6.07 Å². The summed E-state index contributed by atoms with van der Waals surface area (Å²) in [6.45, 7) is 1.00. The molecule has 0 fully saturated rings. The van der Waals surface area contributed by atoms with Crippen molar-refractivity contribution in [3.63, 3.8) is 0 Å². The molecule has 0 aromatic heterocycles. The van der Waals surface area contributed by atoms with Gasteiger partial charge in [-0.2, -0.15) is 5.26 Å². The third-order valence-electron chi connectivity index (χ3n) is 2.33. The van der Waals surface area contributed by atoms with E-state index in [9.17, 15) is 13.2 Å². The Kier molecular flexibility index (Phi) is 5.34. The molecule has 0 aliphatic carbocycles. The molecule has 1 aromatic rings. The zero-order chi connectivity index (χ0) is 15.2. The molecule has 7 nitrogen and oxygen atoms in total. The van der Waals surface area contributed by atoms with Gasteiger partial charge < -0.3 is 9.47 Å². The number of carbonyl (C=O) groups excluding carboxylic acids is 1. The number of benzene rings is 1. The van der Waals surface area contributed by atoms with Crippen LogP contribution in [0.5, 0.6) is 5.75 Å². The van der Waals surface area contributed by atoms with Crippen LogP contribution in [0.1, 0.15) is 6.92 Å². The Balaban J connectivity index is 2.79. The minimum Gasteiger partial charge on any atom is -0.482 e. The lowest BCUT2D eigenvalue weighted by Gasteiger charge is -2.11. The Morgan fingerprint density at radius 3 is 2.80 bits per heavy atom. The molecule has 1 atom stereocenters. The summed E-state index contributed by atoms with van der Waals surface area (Å²) in [6, 6.07) is 7.68. The molecule has 0 amide bonds. The first kappa shape index (κ1) is 15.8. The van der Waals surface area contributed by atoms with E-state index in [0.717, 1.165) is 0 Å². The molecule has 0 aliphatic heterocycles. The van der Waals surface area contributed by atoms with Crippen molar-refractivity contribution >= 4 is 21.7 Å². The second-order valence-corrected chi connectivity index (χ2v) is 5.81. The molecule has 20 heavy (non-hydrogen) atoms. The summed E-state index contributed by atoms with van der Waals surface area (Å²) in [7, 11) is -2.54. The van der Waals surface area contributed by atoms with Gasteiger partial charge in [-0.1, -0.05) is 6.07 Å². The summed E-state index contributed by atoms with van der Waals surface area (Å²) in [4.78, 5) is 10.9. The molecule has 1 rings (SSSR count). The first-order valence-electron chi connectivity index (χ1n) is 5.60. The van der Waals surface area contributed by atoms with E-state index in [2.05, 4.69) is 9.46 Å². The zero-order valence-corrected chi connectivity index (χ0v) is 11.8. The van der Waals surface area contributed by atoms with Crippen molar-refractivity contribution in [2.45, 2.75) is 12.2 Å². The summed E-state index contributed by atoms with van der Waals surface area (Å²) in [5.74, 6) is -0.241. The lowest BCUT2D eigenvalue weighted by atomic mass is 10.3. The summed E-state index contributed by atoms with van der Waals surface area (Å²) >= 11 is 0. The van der Waals surface area contributed by atoms with Crippen molar-refractivity contribution in [2.75, 3.05) is 18.4 Å². The number of ether oxygens (including phenoxy) is 2. The van der Waals surface area contributed by atoms with E-state index >= 15 is 0 Å². The number of esters is 1. The van der Waals surface area contributed by atoms with Gasteiger partial charge in [0.1, 0.15) is 5.75 Å². The number of carbonyl (C=O) groups is 1. The van der Waals surface area contributed by atoms with Crippen LogP contribution in [0.4, 0.5) is 5.69 Å². The summed E-state index contributed by atoms with van der Waals surface area (Å²) < 4.78 is 35.2. The van der Waals surface area contributed by atoms with Gasteiger partial charge in [-0.3, -0.25) is 4.72 Å².